The maximum atomic E-state index is 14.7. The van der Waals surface area contributed by atoms with Crippen LogP contribution < -0.4 is 0 Å². The fourth-order valence-electron chi connectivity index (χ4n) is 4.20. The molecule has 0 amide bonds. The molecular formula is C30H38FN. The molecule has 0 radical (unpaired) electrons. The van der Waals surface area contributed by atoms with E-state index < -0.39 is 0 Å². The van der Waals surface area contributed by atoms with Gasteiger partial charge in [0.25, 0.3) is 0 Å². The Morgan fingerprint density at radius 2 is 1.22 bits per heavy atom. The van der Waals surface area contributed by atoms with Gasteiger partial charge in [0.15, 0.2) is 0 Å². The minimum absolute atomic E-state index is 0.179. The van der Waals surface area contributed by atoms with Crippen LogP contribution in [0.1, 0.15) is 82.8 Å². The minimum Gasteiger partial charge on any atom is -0.256 e. The summed E-state index contributed by atoms with van der Waals surface area (Å²) in [7, 11) is 0. The van der Waals surface area contributed by atoms with Gasteiger partial charge in [-0.1, -0.05) is 95.2 Å². The topological polar surface area (TPSA) is 12.9 Å². The number of nitrogens with zero attached hydrogens (tertiary/aromatic N) is 1. The van der Waals surface area contributed by atoms with Crippen molar-refractivity contribution in [3.63, 3.8) is 0 Å². The molecular weight excluding hydrogens is 393 g/mol. The molecule has 170 valence electrons. The van der Waals surface area contributed by atoms with Gasteiger partial charge in [0, 0.05) is 17.3 Å². The summed E-state index contributed by atoms with van der Waals surface area (Å²) in [5.41, 5.74) is 5.95. The van der Waals surface area contributed by atoms with Crippen molar-refractivity contribution in [3.8, 4) is 22.4 Å². The normalized spacial score (nSPS) is 11.1. The number of hydrogen-bond acceptors (Lipinski definition) is 1. The predicted octanol–water partition coefficient (Wildman–Crippen LogP) is 9.19. The van der Waals surface area contributed by atoms with Gasteiger partial charge in [0.05, 0.1) is 5.69 Å². The molecule has 1 nitrogen and oxygen atoms in total. The second-order valence-electron chi connectivity index (χ2n) is 8.92. The van der Waals surface area contributed by atoms with Crippen molar-refractivity contribution in [3.05, 3.63) is 77.7 Å². The van der Waals surface area contributed by atoms with Crippen LogP contribution in [-0.2, 0) is 12.8 Å². The summed E-state index contributed by atoms with van der Waals surface area (Å²) >= 11 is 0. The molecule has 0 aliphatic rings. The molecule has 0 saturated heterocycles. The fourth-order valence-corrected chi connectivity index (χ4v) is 4.20. The Labute approximate surface area is 194 Å². The molecule has 0 unspecified atom stereocenters. The van der Waals surface area contributed by atoms with Crippen molar-refractivity contribution in [1.82, 2.24) is 4.98 Å². The van der Waals surface area contributed by atoms with Gasteiger partial charge in [-0.25, -0.2) is 4.39 Å². The lowest BCUT2D eigenvalue weighted by Crippen LogP contribution is -1.93. The zero-order valence-electron chi connectivity index (χ0n) is 19.9. The molecule has 0 fully saturated rings. The van der Waals surface area contributed by atoms with E-state index in [1.54, 1.807) is 6.07 Å². The average Bonchev–Trinajstić information content (AvgIpc) is 2.82. The van der Waals surface area contributed by atoms with Crippen LogP contribution in [0.25, 0.3) is 22.4 Å². The van der Waals surface area contributed by atoms with Gasteiger partial charge in [-0.15, -0.1) is 0 Å². The number of aromatic nitrogens is 1. The van der Waals surface area contributed by atoms with E-state index in [9.17, 15) is 4.39 Å². The first-order valence-corrected chi connectivity index (χ1v) is 12.6. The maximum absolute atomic E-state index is 14.7. The van der Waals surface area contributed by atoms with E-state index in [1.165, 1.54) is 56.9 Å². The molecule has 0 atom stereocenters. The van der Waals surface area contributed by atoms with E-state index >= 15 is 0 Å². The molecule has 0 aliphatic heterocycles. The van der Waals surface area contributed by atoms with Crippen molar-refractivity contribution in [2.45, 2.75) is 84.5 Å². The van der Waals surface area contributed by atoms with E-state index in [4.69, 9.17) is 0 Å². The third kappa shape index (κ3) is 7.29. The van der Waals surface area contributed by atoms with Crippen LogP contribution in [0.4, 0.5) is 4.39 Å². The van der Waals surface area contributed by atoms with Crippen LogP contribution in [0, 0.1) is 5.82 Å². The second kappa shape index (κ2) is 13.2. The van der Waals surface area contributed by atoms with Gasteiger partial charge < -0.3 is 0 Å². The molecule has 0 aliphatic carbocycles. The molecule has 0 spiro atoms. The summed E-state index contributed by atoms with van der Waals surface area (Å²) in [6, 6.07) is 18.4. The lowest BCUT2D eigenvalue weighted by Gasteiger charge is -2.08. The number of pyridine rings is 1. The van der Waals surface area contributed by atoms with Gasteiger partial charge in [-0.3, -0.25) is 4.98 Å². The maximum Gasteiger partial charge on any atom is 0.132 e. The number of benzene rings is 2. The largest absolute Gasteiger partial charge is 0.256 e. The number of hydrogen-bond donors (Lipinski definition) is 0. The van der Waals surface area contributed by atoms with Gasteiger partial charge in [-0.05, 0) is 60.6 Å². The van der Waals surface area contributed by atoms with Crippen molar-refractivity contribution in [1.29, 1.82) is 0 Å². The number of halogens is 1. The highest BCUT2D eigenvalue weighted by Crippen LogP contribution is 2.26. The Morgan fingerprint density at radius 1 is 0.625 bits per heavy atom. The first-order chi connectivity index (χ1) is 15.7. The molecule has 1 heterocycles. The lowest BCUT2D eigenvalue weighted by molar-refractivity contribution is 0.624. The molecule has 1 aromatic heterocycles. The molecule has 3 aromatic rings. The van der Waals surface area contributed by atoms with Crippen LogP contribution in [0.3, 0.4) is 0 Å². The third-order valence-corrected chi connectivity index (χ3v) is 6.25. The molecule has 3 rings (SSSR count). The van der Waals surface area contributed by atoms with E-state index in [0.29, 0.717) is 11.3 Å². The van der Waals surface area contributed by atoms with Crippen molar-refractivity contribution in [2.75, 3.05) is 0 Å². The molecule has 2 heteroatoms. The summed E-state index contributed by atoms with van der Waals surface area (Å²) in [5.74, 6) is -0.179. The van der Waals surface area contributed by atoms with Gasteiger partial charge in [0.1, 0.15) is 5.82 Å². The smallest absolute Gasteiger partial charge is 0.132 e. The van der Waals surface area contributed by atoms with Crippen LogP contribution in [0.15, 0.2) is 60.8 Å². The Kier molecular flexibility index (Phi) is 9.94. The lowest BCUT2D eigenvalue weighted by atomic mass is 10.0. The number of rotatable bonds is 13. The standard InChI is InChI=1S/C30H38FN/c1-3-5-7-9-11-12-24-14-17-26(18-15-24)27-19-21-30(32-23-27)28-20-16-25(22-29(28)31)13-10-8-6-4-2/h14-23H,3-13H2,1-2H3. The highest BCUT2D eigenvalue weighted by Gasteiger charge is 2.08. The number of aryl methyl sites for hydroxylation is 2. The molecule has 0 bridgehead atoms. The minimum atomic E-state index is -0.179. The van der Waals surface area contributed by atoms with Crippen LogP contribution in [0.2, 0.25) is 0 Å². The zero-order chi connectivity index (χ0) is 22.6. The predicted molar refractivity (Wildman–Crippen MR) is 135 cm³/mol. The van der Waals surface area contributed by atoms with Gasteiger partial charge in [-0.2, -0.15) is 0 Å². The van der Waals surface area contributed by atoms with E-state index in [1.807, 2.05) is 30.5 Å². The van der Waals surface area contributed by atoms with Crippen molar-refractivity contribution >= 4 is 0 Å². The number of unbranched alkanes of at least 4 members (excludes halogenated alkanes) is 7. The highest BCUT2D eigenvalue weighted by atomic mass is 19.1. The highest BCUT2D eigenvalue weighted by molar-refractivity contribution is 5.67. The van der Waals surface area contributed by atoms with Crippen LogP contribution >= 0.6 is 0 Å². The zero-order valence-corrected chi connectivity index (χ0v) is 19.9. The monoisotopic (exact) mass is 431 g/mol. The quantitative estimate of drug-likeness (QED) is 0.246. The summed E-state index contributed by atoms with van der Waals surface area (Å²) in [6.45, 7) is 4.46. The SMILES string of the molecule is CCCCCCCc1ccc(-c2ccc(-c3ccc(CCCCCC)cc3F)nc2)cc1. The van der Waals surface area contributed by atoms with E-state index in [-0.39, 0.29) is 5.82 Å². The Morgan fingerprint density at radius 3 is 1.84 bits per heavy atom. The molecule has 32 heavy (non-hydrogen) atoms. The Balaban J connectivity index is 1.58. The van der Waals surface area contributed by atoms with Crippen LogP contribution in [-0.4, -0.2) is 4.98 Å². The Hall–Kier alpha value is -2.48. The van der Waals surface area contributed by atoms with Crippen LogP contribution in [0.5, 0.6) is 0 Å². The van der Waals surface area contributed by atoms with E-state index in [0.717, 1.165) is 36.0 Å². The van der Waals surface area contributed by atoms with Crippen molar-refractivity contribution in [2.24, 2.45) is 0 Å². The third-order valence-electron chi connectivity index (χ3n) is 6.25. The molecule has 2 aromatic carbocycles. The summed E-state index contributed by atoms with van der Waals surface area (Å²) in [4.78, 5) is 4.56. The first-order valence-electron chi connectivity index (χ1n) is 12.6. The van der Waals surface area contributed by atoms with Gasteiger partial charge >= 0.3 is 0 Å². The van der Waals surface area contributed by atoms with Crippen molar-refractivity contribution < 1.29 is 4.39 Å². The molecule has 0 saturated carbocycles. The molecule has 0 N–H and O–H groups in total. The summed E-state index contributed by atoms with van der Waals surface area (Å²) in [5, 5.41) is 0. The first kappa shape index (κ1) is 24.2. The van der Waals surface area contributed by atoms with Gasteiger partial charge in [0.2, 0.25) is 0 Å². The fraction of sp³-hybridized carbons (Fsp3) is 0.433. The van der Waals surface area contributed by atoms with E-state index in [2.05, 4.69) is 43.1 Å². The summed E-state index contributed by atoms with van der Waals surface area (Å²) in [6.07, 6.45) is 15.3. The average molecular weight is 432 g/mol. The Bertz CT molecular complexity index is 928. The summed E-state index contributed by atoms with van der Waals surface area (Å²) < 4.78 is 14.7. The second-order valence-corrected chi connectivity index (χ2v) is 8.92.